The van der Waals surface area contributed by atoms with Gasteiger partial charge < -0.3 is 4.90 Å². The highest BCUT2D eigenvalue weighted by atomic mass is 32.2. The van der Waals surface area contributed by atoms with E-state index in [0.717, 1.165) is 15.5 Å². The van der Waals surface area contributed by atoms with Crippen LogP contribution in [-0.4, -0.2) is 38.7 Å². The van der Waals surface area contributed by atoms with Crippen molar-refractivity contribution >= 4 is 59.5 Å². The number of sulfonamides is 1. The average molecular weight is 411 g/mol. The van der Waals surface area contributed by atoms with Crippen LogP contribution in [-0.2, 0) is 10.0 Å². The van der Waals surface area contributed by atoms with Gasteiger partial charge in [0.1, 0.15) is 0 Å². The van der Waals surface area contributed by atoms with Gasteiger partial charge in [0.15, 0.2) is 0 Å². The molecule has 28 heavy (non-hydrogen) atoms. The Morgan fingerprint density at radius 1 is 1.04 bits per heavy atom. The molecule has 0 atom stereocenters. The van der Waals surface area contributed by atoms with Crippen molar-refractivity contribution in [3.8, 4) is 0 Å². The number of nitrogens with zero attached hydrogens (tertiary/aromatic N) is 3. The molecule has 0 saturated carbocycles. The summed E-state index contributed by atoms with van der Waals surface area (Å²) < 4.78 is 29.2. The average Bonchev–Trinajstić information content (AvgIpc) is 3.08. The van der Waals surface area contributed by atoms with Crippen LogP contribution < -0.4 is 4.72 Å². The van der Waals surface area contributed by atoms with E-state index in [-0.39, 0.29) is 4.90 Å². The van der Waals surface area contributed by atoms with Crippen LogP contribution in [0.1, 0.15) is 0 Å². The van der Waals surface area contributed by atoms with Crippen LogP contribution in [0.2, 0.25) is 0 Å². The van der Waals surface area contributed by atoms with E-state index in [4.69, 9.17) is 0 Å². The van der Waals surface area contributed by atoms with Crippen LogP contribution in [0.25, 0.3) is 21.0 Å². The highest BCUT2D eigenvalue weighted by Gasteiger charge is 2.15. The first-order valence-corrected chi connectivity index (χ1v) is 10.8. The van der Waals surface area contributed by atoms with Crippen molar-refractivity contribution in [3.63, 3.8) is 0 Å². The van der Waals surface area contributed by atoms with Crippen LogP contribution in [0, 0.1) is 0 Å². The first-order valence-electron chi connectivity index (χ1n) is 8.53. The first-order chi connectivity index (χ1) is 13.4. The van der Waals surface area contributed by atoms with Gasteiger partial charge in [0.05, 0.1) is 27.1 Å². The third-order valence-electron chi connectivity index (χ3n) is 4.06. The Hall–Kier alpha value is -2.97. The molecule has 0 bridgehead atoms. The molecule has 0 radical (unpaired) electrons. The quantitative estimate of drug-likeness (QED) is 0.389. The summed E-state index contributed by atoms with van der Waals surface area (Å²) >= 11 is 1.45. The molecular formula is C20H18N4O2S2. The molecule has 1 heterocycles. The van der Waals surface area contributed by atoms with Gasteiger partial charge in [-0.1, -0.05) is 41.7 Å². The second-order valence-electron chi connectivity index (χ2n) is 6.50. The summed E-state index contributed by atoms with van der Waals surface area (Å²) in [7, 11) is 0.0721. The minimum Gasteiger partial charge on any atom is -0.369 e. The van der Waals surface area contributed by atoms with Gasteiger partial charge >= 0.3 is 0 Å². The number of nitrogens with one attached hydrogen (secondary N) is 1. The molecule has 0 spiro atoms. The van der Waals surface area contributed by atoms with Crippen LogP contribution in [0.4, 0.5) is 10.8 Å². The van der Waals surface area contributed by atoms with E-state index >= 15 is 0 Å². The van der Waals surface area contributed by atoms with Crippen LogP contribution >= 0.6 is 11.3 Å². The van der Waals surface area contributed by atoms with E-state index < -0.39 is 10.0 Å². The number of aromatic nitrogens is 1. The van der Waals surface area contributed by atoms with E-state index in [1.165, 1.54) is 11.3 Å². The number of hydrogen-bond donors (Lipinski definition) is 1. The second-order valence-corrected chi connectivity index (χ2v) is 9.19. The number of aliphatic imine (C=N–C) groups is 1. The molecule has 1 N–H and O–H groups in total. The van der Waals surface area contributed by atoms with Crippen molar-refractivity contribution < 1.29 is 8.42 Å². The predicted molar refractivity (Wildman–Crippen MR) is 116 cm³/mol. The molecule has 0 aliphatic rings. The normalized spacial score (nSPS) is 12.1. The summed E-state index contributed by atoms with van der Waals surface area (Å²) in [6.45, 7) is 0. The standard InChI is InChI=1S/C20H18N4O2S2/c1-24(2)13-21-20-22-18-12-16(8-10-19(18)27-20)23-28(25,26)17-9-7-14-5-3-4-6-15(14)11-17/h3-13,23H,1-2H3. The number of fused-ring (bicyclic) bond motifs is 2. The lowest BCUT2D eigenvalue weighted by Crippen LogP contribution is -2.12. The van der Waals surface area contributed by atoms with Crippen LogP contribution in [0.5, 0.6) is 0 Å². The highest BCUT2D eigenvalue weighted by molar-refractivity contribution is 7.92. The summed E-state index contributed by atoms with van der Waals surface area (Å²) in [4.78, 5) is 10.8. The van der Waals surface area contributed by atoms with Crippen LogP contribution in [0.3, 0.4) is 0 Å². The van der Waals surface area contributed by atoms with Gasteiger partial charge in [0, 0.05) is 14.1 Å². The Bertz CT molecular complexity index is 1290. The predicted octanol–water partition coefficient (Wildman–Crippen LogP) is 4.47. The molecule has 0 saturated heterocycles. The molecule has 0 aliphatic heterocycles. The largest absolute Gasteiger partial charge is 0.369 e. The molecule has 4 aromatic rings. The molecule has 8 heteroatoms. The van der Waals surface area contributed by atoms with Crippen molar-refractivity contribution in [2.75, 3.05) is 18.8 Å². The monoisotopic (exact) mass is 410 g/mol. The lowest BCUT2D eigenvalue weighted by Gasteiger charge is -2.09. The van der Waals surface area contributed by atoms with Crippen LogP contribution in [0.15, 0.2) is 70.6 Å². The van der Waals surface area contributed by atoms with Crippen molar-refractivity contribution in [1.82, 2.24) is 9.88 Å². The highest BCUT2D eigenvalue weighted by Crippen LogP contribution is 2.30. The molecule has 0 unspecified atom stereocenters. The summed E-state index contributed by atoms with van der Waals surface area (Å²) in [5.74, 6) is 0. The number of hydrogen-bond acceptors (Lipinski definition) is 5. The minimum absolute atomic E-state index is 0.223. The van der Waals surface area contributed by atoms with Gasteiger partial charge in [-0.15, -0.1) is 0 Å². The Balaban J connectivity index is 1.63. The Labute approximate surface area is 167 Å². The zero-order valence-electron chi connectivity index (χ0n) is 15.3. The number of anilines is 1. The van der Waals surface area contributed by atoms with E-state index in [1.807, 2.05) is 55.4 Å². The molecule has 0 aliphatic carbocycles. The molecule has 0 amide bonds. The third-order valence-corrected chi connectivity index (χ3v) is 6.38. The minimum atomic E-state index is -3.70. The maximum Gasteiger partial charge on any atom is 0.261 e. The SMILES string of the molecule is CN(C)C=Nc1nc2cc(NS(=O)(=O)c3ccc4ccccc4c3)ccc2s1. The molecule has 6 nitrogen and oxygen atoms in total. The van der Waals surface area contributed by atoms with E-state index in [9.17, 15) is 8.42 Å². The molecule has 1 aromatic heterocycles. The van der Waals surface area contributed by atoms with Gasteiger partial charge in [-0.3, -0.25) is 4.72 Å². The molecule has 4 rings (SSSR count). The van der Waals surface area contributed by atoms with Crippen molar-refractivity contribution in [2.45, 2.75) is 4.90 Å². The van der Waals surface area contributed by atoms with Crippen molar-refractivity contribution in [2.24, 2.45) is 4.99 Å². The lowest BCUT2D eigenvalue weighted by molar-refractivity contribution is 0.601. The maximum atomic E-state index is 12.8. The van der Waals surface area contributed by atoms with E-state index in [2.05, 4.69) is 14.7 Å². The van der Waals surface area contributed by atoms with Gasteiger partial charge in [-0.05, 0) is 41.1 Å². The topological polar surface area (TPSA) is 74.7 Å². The van der Waals surface area contributed by atoms with Gasteiger partial charge in [-0.2, -0.15) is 0 Å². The fourth-order valence-electron chi connectivity index (χ4n) is 2.75. The van der Waals surface area contributed by atoms with Gasteiger partial charge in [-0.25, -0.2) is 18.4 Å². The third kappa shape index (κ3) is 3.83. The van der Waals surface area contributed by atoms with Gasteiger partial charge in [0.25, 0.3) is 10.0 Å². The van der Waals surface area contributed by atoms with Crippen molar-refractivity contribution in [1.29, 1.82) is 0 Å². The molecule has 142 valence electrons. The first kappa shape index (κ1) is 18.4. The summed E-state index contributed by atoms with van der Waals surface area (Å²) in [5.41, 5.74) is 1.17. The lowest BCUT2D eigenvalue weighted by atomic mass is 10.1. The Morgan fingerprint density at radius 2 is 1.82 bits per heavy atom. The molecule has 3 aromatic carbocycles. The summed E-state index contributed by atoms with van der Waals surface area (Å²) in [6.07, 6.45) is 1.68. The maximum absolute atomic E-state index is 12.8. The van der Waals surface area contributed by atoms with Gasteiger partial charge in [0.2, 0.25) is 5.13 Å². The Morgan fingerprint density at radius 3 is 2.61 bits per heavy atom. The zero-order valence-corrected chi connectivity index (χ0v) is 17.0. The number of benzene rings is 3. The van der Waals surface area contributed by atoms with E-state index in [0.29, 0.717) is 16.3 Å². The Kier molecular flexibility index (Phi) is 4.74. The smallest absolute Gasteiger partial charge is 0.261 e. The fourth-order valence-corrected chi connectivity index (χ4v) is 4.62. The number of rotatable bonds is 5. The zero-order chi connectivity index (χ0) is 19.7. The summed E-state index contributed by atoms with van der Waals surface area (Å²) in [6, 6.07) is 18.1. The fraction of sp³-hybridized carbons (Fsp3) is 0.100. The molecular weight excluding hydrogens is 392 g/mol. The van der Waals surface area contributed by atoms with E-state index in [1.54, 1.807) is 30.6 Å². The second kappa shape index (κ2) is 7.21. The summed E-state index contributed by atoms with van der Waals surface area (Å²) in [5, 5.41) is 2.50. The number of thiazole rings is 1. The van der Waals surface area contributed by atoms with Crippen molar-refractivity contribution in [3.05, 3.63) is 60.7 Å². The molecule has 0 fully saturated rings.